The molecule has 4 rings (SSSR count). The quantitative estimate of drug-likeness (QED) is 0.384. The number of methoxy groups -OCH3 is 1. The van der Waals surface area contributed by atoms with E-state index >= 15 is 0 Å². The Labute approximate surface area is 179 Å². The third-order valence-corrected chi connectivity index (χ3v) is 6.35. The van der Waals surface area contributed by atoms with Crippen LogP contribution in [0.15, 0.2) is 72.8 Å². The van der Waals surface area contributed by atoms with E-state index in [1.54, 1.807) is 36.3 Å². The molecule has 0 bridgehead atoms. The lowest BCUT2D eigenvalue weighted by Crippen LogP contribution is -2.22. The maximum absolute atomic E-state index is 11.7. The van der Waals surface area contributed by atoms with Crippen LogP contribution in [-0.2, 0) is 9.53 Å². The fourth-order valence-corrected chi connectivity index (χ4v) is 4.33. The van der Waals surface area contributed by atoms with Crippen molar-refractivity contribution in [2.45, 2.75) is 6.92 Å². The fraction of sp³-hybridized carbons (Fsp3) is 0.120. The maximum atomic E-state index is 11.7. The summed E-state index contributed by atoms with van der Waals surface area (Å²) in [5, 5.41) is 2.08. The highest BCUT2D eigenvalue weighted by Crippen LogP contribution is 2.36. The third kappa shape index (κ3) is 3.84. The summed E-state index contributed by atoms with van der Waals surface area (Å²) in [7, 11) is 3.16. The average molecular weight is 416 g/mol. The van der Waals surface area contributed by atoms with Crippen molar-refractivity contribution < 1.29 is 14.3 Å². The van der Waals surface area contributed by atoms with Crippen LogP contribution < -0.4 is 4.90 Å². The summed E-state index contributed by atoms with van der Waals surface area (Å²) in [5.41, 5.74) is 3.69. The van der Waals surface area contributed by atoms with Crippen LogP contribution in [0.3, 0.4) is 0 Å². The van der Waals surface area contributed by atoms with E-state index in [2.05, 4.69) is 24.3 Å². The lowest BCUT2D eigenvalue weighted by Gasteiger charge is -2.14. The molecule has 0 N–H and O–H groups in total. The molecule has 5 heteroatoms. The normalized spacial score (nSPS) is 10.8. The second-order valence-corrected chi connectivity index (χ2v) is 8.14. The van der Waals surface area contributed by atoms with Crippen molar-refractivity contribution in [1.82, 2.24) is 0 Å². The molecule has 1 amide bonds. The van der Waals surface area contributed by atoms with Gasteiger partial charge in [-0.25, -0.2) is 4.79 Å². The van der Waals surface area contributed by atoms with Gasteiger partial charge in [0.1, 0.15) is 0 Å². The summed E-state index contributed by atoms with van der Waals surface area (Å²) in [6.45, 7) is 1.55. The Morgan fingerprint density at radius 3 is 2.07 bits per heavy atom. The van der Waals surface area contributed by atoms with Crippen molar-refractivity contribution >= 4 is 39.7 Å². The first-order valence-electron chi connectivity index (χ1n) is 9.53. The topological polar surface area (TPSA) is 46.6 Å². The monoisotopic (exact) mass is 415 g/mol. The second-order valence-electron chi connectivity index (χ2n) is 7.06. The van der Waals surface area contributed by atoms with E-state index in [9.17, 15) is 9.59 Å². The number of rotatable bonds is 4. The minimum absolute atomic E-state index is 0.0103. The maximum Gasteiger partial charge on any atom is 0.337 e. The van der Waals surface area contributed by atoms with Crippen molar-refractivity contribution in [3.05, 3.63) is 78.4 Å². The Hall–Kier alpha value is -3.44. The number of amides is 1. The number of fused-ring (bicyclic) bond motifs is 1. The number of anilines is 1. The van der Waals surface area contributed by atoms with Gasteiger partial charge in [-0.1, -0.05) is 30.3 Å². The Kier molecular flexibility index (Phi) is 5.38. The average Bonchev–Trinajstić information content (AvgIpc) is 3.27. The van der Waals surface area contributed by atoms with Crippen molar-refractivity contribution in [3.63, 3.8) is 0 Å². The molecule has 0 aliphatic carbocycles. The number of carbonyl (C=O) groups is 2. The molecule has 0 aliphatic rings. The predicted molar refractivity (Wildman–Crippen MR) is 123 cm³/mol. The van der Waals surface area contributed by atoms with Crippen LogP contribution in [0.25, 0.3) is 31.7 Å². The van der Waals surface area contributed by atoms with Gasteiger partial charge < -0.3 is 9.64 Å². The molecule has 0 saturated carbocycles. The van der Waals surface area contributed by atoms with Crippen LogP contribution in [-0.4, -0.2) is 26.0 Å². The minimum Gasteiger partial charge on any atom is -0.465 e. The molecular formula is C25H21NO3S. The number of hydrogen-bond acceptors (Lipinski definition) is 4. The summed E-state index contributed by atoms with van der Waals surface area (Å²) in [5.74, 6) is -0.319. The van der Waals surface area contributed by atoms with Gasteiger partial charge in [0.2, 0.25) is 5.91 Å². The van der Waals surface area contributed by atoms with E-state index in [0.29, 0.717) is 5.56 Å². The Morgan fingerprint density at radius 1 is 0.800 bits per heavy atom. The van der Waals surface area contributed by atoms with Gasteiger partial charge in [-0.2, -0.15) is 0 Å². The molecule has 0 unspecified atom stereocenters. The molecule has 150 valence electrons. The SMILES string of the molecule is COC(=O)c1ccc2cc(-c3ccc(-c4ccc(N(C)C(C)=O)cc4)s3)ccc2c1. The van der Waals surface area contributed by atoms with Gasteiger partial charge in [0, 0.05) is 29.4 Å². The van der Waals surface area contributed by atoms with E-state index < -0.39 is 0 Å². The van der Waals surface area contributed by atoms with Crippen LogP contribution in [0.4, 0.5) is 5.69 Å². The summed E-state index contributed by atoms with van der Waals surface area (Å²) >= 11 is 1.73. The Bertz CT molecular complexity index is 1240. The number of benzene rings is 3. The van der Waals surface area contributed by atoms with Crippen molar-refractivity contribution in [3.8, 4) is 20.9 Å². The van der Waals surface area contributed by atoms with Crippen LogP contribution >= 0.6 is 11.3 Å². The van der Waals surface area contributed by atoms with E-state index in [4.69, 9.17) is 4.74 Å². The molecule has 1 heterocycles. The number of nitrogens with zero attached hydrogens (tertiary/aromatic N) is 1. The first-order valence-corrected chi connectivity index (χ1v) is 10.3. The molecule has 4 nitrogen and oxygen atoms in total. The minimum atomic E-state index is -0.329. The summed E-state index contributed by atoms with van der Waals surface area (Å²) in [6, 6.07) is 24.1. The van der Waals surface area contributed by atoms with Gasteiger partial charge >= 0.3 is 5.97 Å². The van der Waals surface area contributed by atoms with Crippen LogP contribution in [0.5, 0.6) is 0 Å². The van der Waals surface area contributed by atoms with Gasteiger partial charge in [0.05, 0.1) is 12.7 Å². The van der Waals surface area contributed by atoms with Gasteiger partial charge in [0.25, 0.3) is 0 Å². The molecule has 1 aromatic heterocycles. The van der Waals surface area contributed by atoms with Crippen LogP contribution in [0.1, 0.15) is 17.3 Å². The van der Waals surface area contributed by atoms with E-state index in [1.165, 1.54) is 16.9 Å². The molecule has 30 heavy (non-hydrogen) atoms. The summed E-state index contributed by atoms with van der Waals surface area (Å²) in [4.78, 5) is 27.2. The van der Waals surface area contributed by atoms with Crippen molar-refractivity contribution in [2.75, 3.05) is 19.1 Å². The summed E-state index contributed by atoms with van der Waals surface area (Å²) < 4.78 is 4.80. The zero-order valence-corrected chi connectivity index (χ0v) is 17.8. The Morgan fingerprint density at radius 2 is 1.40 bits per heavy atom. The molecular weight excluding hydrogens is 394 g/mol. The molecule has 0 spiro atoms. The number of carbonyl (C=O) groups excluding carboxylic acids is 2. The molecule has 0 fully saturated rings. The largest absolute Gasteiger partial charge is 0.465 e. The van der Waals surface area contributed by atoms with Gasteiger partial charge in [0.15, 0.2) is 0 Å². The fourth-order valence-electron chi connectivity index (χ4n) is 3.32. The van der Waals surface area contributed by atoms with E-state index in [-0.39, 0.29) is 11.9 Å². The van der Waals surface area contributed by atoms with E-state index in [1.807, 2.05) is 42.5 Å². The molecule has 0 aliphatic heterocycles. The van der Waals surface area contributed by atoms with Crippen molar-refractivity contribution in [2.24, 2.45) is 0 Å². The van der Waals surface area contributed by atoms with Crippen molar-refractivity contribution in [1.29, 1.82) is 0 Å². The first kappa shape index (κ1) is 19.9. The van der Waals surface area contributed by atoms with Gasteiger partial charge in [-0.3, -0.25) is 4.79 Å². The van der Waals surface area contributed by atoms with Crippen LogP contribution in [0, 0.1) is 0 Å². The zero-order valence-electron chi connectivity index (χ0n) is 17.0. The number of ether oxygens (including phenoxy) is 1. The third-order valence-electron chi connectivity index (χ3n) is 5.16. The molecule has 0 saturated heterocycles. The predicted octanol–water partition coefficient (Wildman–Crippen LogP) is 6.00. The lowest BCUT2D eigenvalue weighted by atomic mass is 10.0. The lowest BCUT2D eigenvalue weighted by molar-refractivity contribution is -0.116. The summed E-state index contributed by atoms with van der Waals surface area (Å²) in [6.07, 6.45) is 0. The molecule has 0 atom stereocenters. The highest BCUT2D eigenvalue weighted by atomic mass is 32.1. The Balaban J connectivity index is 1.61. The van der Waals surface area contributed by atoms with Crippen LogP contribution in [0.2, 0.25) is 0 Å². The number of thiophene rings is 1. The van der Waals surface area contributed by atoms with E-state index in [0.717, 1.165) is 27.6 Å². The highest BCUT2D eigenvalue weighted by molar-refractivity contribution is 7.18. The second kappa shape index (κ2) is 8.13. The standard InChI is InChI=1S/C25H21NO3S/c1-16(27)26(2)22-10-8-17(9-11-22)23-12-13-24(30-23)20-6-4-19-15-21(25(28)29-3)7-5-18(19)14-20/h4-15H,1-3H3. The van der Waals surface area contributed by atoms with Gasteiger partial charge in [-0.05, 0) is 64.4 Å². The smallest absolute Gasteiger partial charge is 0.337 e. The molecule has 4 aromatic rings. The highest BCUT2D eigenvalue weighted by Gasteiger charge is 2.10. The molecule has 0 radical (unpaired) electrons. The number of esters is 1. The first-order chi connectivity index (χ1) is 14.5. The zero-order chi connectivity index (χ0) is 21.3. The number of hydrogen-bond donors (Lipinski definition) is 0. The van der Waals surface area contributed by atoms with Gasteiger partial charge in [-0.15, -0.1) is 11.3 Å². The molecule has 3 aromatic carbocycles.